The zero-order valence-electron chi connectivity index (χ0n) is 10.2. The molecule has 0 aliphatic heterocycles. The number of halogens is 2. The lowest BCUT2D eigenvalue weighted by Gasteiger charge is -2.22. The number of rotatable bonds is 6. The standard InChI is InChI=1S/C12H17Cl2NO2/c1-8(12(16-2)17-3)15-7-9-4-5-10(13)11(14)6-9/h4-6,8,12,15H,7H2,1-3H3. The molecule has 1 atom stereocenters. The molecule has 0 aliphatic rings. The monoisotopic (exact) mass is 277 g/mol. The van der Waals surface area contributed by atoms with Crippen molar-refractivity contribution in [2.75, 3.05) is 14.2 Å². The van der Waals surface area contributed by atoms with Crippen LogP contribution >= 0.6 is 23.2 Å². The lowest BCUT2D eigenvalue weighted by molar-refractivity contribution is -0.119. The van der Waals surface area contributed by atoms with Crippen LogP contribution in [-0.2, 0) is 16.0 Å². The van der Waals surface area contributed by atoms with Crippen LogP contribution in [0.2, 0.25) is 10.0 Å². The van der Waals surface area contributed by atoms with Crippen LogP contribution in [0.1, 0.15) is 12.5 Å². The van der Waals surface area contributed by atoms with E-state index in [-0.39, 0.29) is 12.3 Å². The van der Waals surface area contributed by atoms with Crippen LogP contribution in [0.4, 0.5) is 0 Å². The van der Waals surface area contributed by atoms with E-state index < -0.39 is 0 Å². The van der Waals surface area contributed by atoms with Gasteiger partial charge in [0.25, 0.3) is 0 Å². The molecule has 0 fully saturated rings. The number of hydrogen-bond acceptors (Lipinski definition) is 3. The molecule has 0 aromatic heterocycles. The molecule has 17 heavy (non-hydrogen) atoms. The highest BCUT2D eigenvalue weighted by molar-refractivity contribution is 6.42. The maximum atomic E-state index is 5.94. The Bertz CT molecular complexity index is 356. The van der Waals surface area contributed by atoms with Gasteiger partial charge in [-0.15, -0.1) is 0 Å². The summed E-state index contributed by atoms with van der Waals surface area (Å²) >= 11 is 11.8. The number of nitrogens with one attached hydrogen (secondary N) is 1. The fourth-order valence-corrected chi connectivity index (χ4v) is 1.85. The van der Waals surface area contributed by atoms with Gasteiger partial charge in [-0.05, 0) is 24.6 Å². The molecule has 0 amide bonds. The first-order valence-electron chi connectivity index (χ1n) is 5.31. The fourth-order valence-electron chi connectivity index (χ4n) is 1.53. The Morgan fingerprint density at radius 1 is 1.18 bits per heavy atom. The summed E-state index contributed by atoms with van der Waals surface area (Å²) in [7, 11) is 3.23. The van der Waals surface area contributed by atoms with Gasteiger partial charge >= 0.3 is 0 Å². The first-order chi connectivity index (χ1) is 8.08. The van der Waals surface area contributed by atoms with E-state index in [1.807, 2.05) is 19.1 Å². The van der Waals surface area contributed by atoms with Gasteiger partial charge in [0.15, 0.2) is 6.29 Å². The van der Waals surface area contributed by atoms with Crippen LogP contribution in [0, 0.1) is 0 Å². The normalized spacial score (nSPS) is 13.1. The van der Waals surface area contributed by atoms with Crippen molar-refractivity contribution in [1.82, 2.24) is 5.32 Å². The fraction of sp³-hybridized carbons (Fsp3) is 0.500. The Balaban J connectivity index is 2.52. The minimum absolute atomic E-state index is 0.0828. The highest BCUT2D eigenvalue weighted by Gasteiger charge is 2.14. The molecule has 0 radical (unpaired) electrons. The molecular formula is C12H17Cl2NO2. The molecule has 1 aromatic rings. The zero-order valence-corrected chi connectivity index (χ0v) is 11.7. The zero-order chi connectivity index (χ0) is 12.8. The molecule has 1 rings (SSSR count). The molecule has 1 aromatic carbocycles. The average Bonchev–Trinajstić information content (AvgIpc) is 2.32. The average molecular weight is 278 g/mol. The minimum Gasteiger partial charge on any atom is -0.354 e. The summed E-state index contributed by atoms with van der Waals surface area (Å²) in [5.41, 5.74) is 1.07. The van der Waals surface area contributed by atoms with Gasteiger partial charge in [-0.3, -0.25) is 0 Å². The third-order valence-electron chi connectivity index (χ3n) is 2.49. The number of benzene rings is 1. The number of methoxy groups -OCH3 is 2. The van der Waals surface area contributed by atoms with E-state index in [0.29, 0.717) is 16.6 Å². The highest BCUT2D eigenvalue weighted by atomic mass is 35.5. The van der Waals surface area contributed by atoms with Crippen LogP contribution in [0.5, 0.6) is 0 Å². The molecule has 1 unspecified atom stereocenters. The molecule has 0 bridgehead atoms. The van der Waals surface area contributed by atoms with Crippen molar-refractivity contribution in [2.45, 2.75) is 25.8 Å². The van der Waals surface area contributed by atoms with Crippen molar-refractivity contribution < 1.29 is 9.47 Å². The third-order valence-corrected chi connectivity index (χ3v) is 3.22. The molecule has 5 heteroatoms. The molecule has 96 valence electrons. The summed E-state index contributed by atoms with van der Waals surface area (Å²) in [4.78, 5) is 0. The quantitative estimate of drug-likeness (QED) is 0.811. The third kappa shape index (κ3) is 4.45. The number of hydrogen-bond donors (Lipinski definition) is 1. The molecule has 3 nitrogen and oxygen atoms in total. The molecule has 0 saturated carbocycles. The maximum absolute atomic E-state index is 5.94. The van der Waals surface area contributed by atoms with Crippen molar-refractivity contribution in [3.05, 3.63) is 33.8 Å². The van der Waals surface area contributed by atoms with Crippen LogP contribution < -0.4 is 5.32 Å². The molecule has 0 saturated heterocycles. The maximum Gasteiger partial charge on any atom is 0.171 e. The molecule has 0 spiro atoms. The van der Waals surface area contributed by atoms with Crippen molar-refractivity contribution >= 4 is 23.2 Å². The second-order valence-electron chi connectivity index (χ2n) is 3.76. The summed E-state index contributed by atoms with van der Waals surface area (Å²) in [6.45, 7) is 2.68. The van der Waals surface area contributed by atoms with Crippen molar-refractivity contribution in [1.29, 1.82) is 0 Å². The van der Waals surface area contributed by atoms with E-state index in [0.717, 1.165) is 5.56 Å². The van der Waals surface area contributed by atoms with Crippen molar-refractivity contribution in [3.63, 3.8) is 0 Å². The van der Waals surface area contributed by atoms with Gasteiger partial charge in [-0.2, -0.15) is 0 Å². The molecular weight excluding hydrogens is 261 g/mol. The molecule has 0 heterocycles. The lowest BCUT2D eigenvalue weighted by atomic mass is 10.2. The SMILES string of the molecule is COC(OC)C(C)NCc1ccc(Cl)c(Cl)c1. The van der Waals surface area contributed by atoms with Gasteiger partial charge in [0.1, 0.15) is 0 Å². The van der Waals surface area contributed by atoms with E-state index in [9.17, 15) is 0 Å². The Kier molecular flexibility index (Phi) is 6.23. The first-order valence-corrected chi connectivity index (χ1v) is 6.07. The van der Waals surface area contributed by atoms with Crippen molar-refractivity contribution in [2.24, 2.45) is 0 Å². The van der Waals surface area contributed by atoms with Gasteiger partial charge in [0.05, 0.1) is 16.1 Å². The van der Waals surface area contributed by atoms with Crippen LogP contribution in [0.3, 0.4) is 0 Å². The summed E-state index contributed by atoms with van der Waals surface area (Å²) < 4.78 is 10.3. The molecule has 0 aliphatic carbocycles. The van der Waals surface area contributed by atoms with Crippen LogP contribution in [-0.4, -0.2) is 26.6 Å². The highest BCUT2D eigenvalue weighted by Crippen LogP contribution is 2.22. The predicted octanol–water partition coefficient (Wildman–Crippen LogP) is 3.09. The van der Waals surface area contributed by atoms with E-state index in [2.05, 4.69) is 5.32 Å². The van der Waals surface area contributed by atoms with Gasteiger partial charge in [0.2, 0.25) is 0 Å². The minimum atomic E-state index is -0.266. The second kappa shape index (κ2) is 7.19. The lowest BCUT2D eigenvalue weighted by Crippen LogP contribution is -2.39. The predicted molar refractivity (Wildman–Crippen MR) is 70.6 cm³/mol. The van der Waals surface area contributed by atoms with Crippen molar-refractivity contribution in [3.8, 4) is 0 Å². The van der Waals surface area contributed by atoms with Gasteiger partial charge in [0, 0.05) is 20.8 Å². The second-order valence-corrected chi connectivity index (χ2v) is 4.57. The Labute approximate surface area is 112 Å². The Morgan fingerprint density at radius 3 is 2.35 bits per heavy atom. The first kappa shape index (κ1) is 14.7. The van der Waals surface area contributed by atoms with Gasteiger partial charge < -0.3 is 14.8 Å². The summed E-state index contributed by atoms with van der Waals surface area (Å²) in [6, 6.07) is 5.65. The number of ether oxygens (including phenoxy) is 2. The smallest absolute Gasteiger partial charge is 0.171 e. The topological polar surface area (TPSA) is 30.5 Å². The van der Waals surface area contributed by atoms with Gasteiger partial charge in [-0.1, -0.05) is 29.3 Å². The Hall–Kier alpha value is -0.320. The summed E-state index contributed by atoms with van der Waals surface area (Å²) in [5.74, 6) is 0. The summed E-state index contributed by atoms with van der Waals surface area (Å²) in [6.07, 6.45) is -0.266. The van der Waals surface area contributed by atoms with Crippen LogP contribution in [0.15, 0.2) is 18.2 Å². The summed E-state index contributed by atoms with van der Waals surface area (Å²) in [5, 5.41) is 4.42. The van der Waals surface area contributed by atoms with E-state index >= 15 is 0 Å². The Morgan fingerprint density at radius 2 is 1.82 bits per heavy atom. The molecule has 1 N–H and O–H groups in total. The van der Waals surface area contributed by atoms with E-state index in [1.165, 1.54) is 0 Å². The van der Waals surface area contributed by atoms with E-state index in [4.69, 9.17) is 32.7 Å². The van der Waals surface area contributed by atoms with E-state index in [1.54, 1.807) is 20.3 Å². The van der Waals surface area contributed by atoms with Gasteiger partial charge in [-0.25, -0.2) is 0 Å². The van der Waals surface area contributed by atoms with Crippen LogP contribution in [0.25, 0.3) is 0 Å². The largest absolute Gasteiger partial charge is 0.354 e.